The van der Waals surface area contributed by atoms with Gasteiger partial charge in [0.25, 0.3) is 0 Å². The Morgan fingerprint density at radius 3 is 1.08 bits per heavy atom. The summed E-state index contributed by atoms with van der Waals surface area (Å²) >= 11 is 0. The van der Waals surface area contributed by atoms with E-state index < -0.39 is 47.0 Å². The number of hydrogen-bond donors (Lipinski definition) is 0. The zero-order valence-electron chi connectivity index (χ0n) is 43.0. The van der Waals surface area contributed by atoms with Gasteiger partial charge in [-0.25, -0.2) is 15.0 Å². The van der Waals surface area contributed by atoms with Crippen molar-refractivity contribution < 1.29 is 52.7 Å². The van der Waals surface area contributed by atoms with Gasteiger partial charge in [-0.2, -0.15) is 52.7 Å². The quantitative estimate of drug-likeness (QED) is 0.142. The standard InChI is InChI=1S/C66H36F12N6/c67-63(68,69)44-27-42(28-45(34-44)64(70,71)72)39-20-23-56-52(31-39)48-15-7-9-17-54(48)83(56)58-33-41(62-81-60(37-11-3-1-4-12-37)80-61(82-62)38-13-5-2-6-14-38)19-22-50(58)51-25-26-79-36-59(51)84-55-18-10-8-16-49(55)53-32-40(21-24-57(53)84)43-29-46(65(73,74)75)35-47(30-43)66(76,77)78/h1-36H. The highest BCUT2D eigenvalue weighted by Gasteiger charge is 2.39. The molecule has 414 valence electrons. The molecule has 4 heterocycles. The smallest absolute Gasteiger partial charge is 0.309 e. The van der Waals surface area contributed by atoms with Gasteiger partial charge in [0, 0.05) is 55.6 Å². The minimum atomic E-state index is -5.09. The van der Waals surface area contributed by atoms with Crippen LogP contribution in [0.3, 0.4) is 0 Å². The molecule has 0 atom stereocenters. The molecule has 4 aromatic heterocycles. The van der Waals surface area contributed by atoms with Crippen molar-refractivity contribution in [3.8, 4) is 78.9 Å². The summed E-state index contributed by atoms with van der Waals surface area (Å²) in [5, 5.41) is 2.20. The number of hydrogen-bond acceptors (Lipinski definition) is 4. The lowest BCUT2D eigenvalue weighted by Gasteiger charge is -2.19. The van der Waals surface area contributed by atoms with Gasteiger partial charge in [0.2, 0.25) is 0 Å². The van der Waals surface area contributed by atoms with Gasteiger partial charge < -0.3 is 9.13 Å². The van der Waals surface area contributed by atoms with Gasteiger partial charge in [-0.1, -0.05) is 121 Å². The van der Waals surface area contributed by atoms with Crippen molar-refractivity contribution in [3.05, 3.63) is 241 Å². The average molecular weight is 1140 g/mol. The lowest BCUT2D eigenvalue weighted by atomic mass is 9.97. The van der Waals surface area contributed by atoms with Crippen LogP contribution >= 0.6 is 0 Å². The zero-order valence-corrected chi connectivity index (χ0v) is 43.0. The number of aromatic nitrogens is 6. The Labute approximate surface area is 468 Å². The molecule has 9 aromatic carbocycles. The number of pyridine rings is 1. The molecular formula is C66H36F12N6. The van der Waals surface area contributed by atoms with Gasteiger partial charge in [0.15, 0.2) is 17.5 Å². The van der Waals surface area contributed by atoms with Crippen molar-refractivity contribution in [2.75, 3.05) is 0 Å². The third kappa shape index (κ3) is 9.61. The maximum Gasteiger partial charge on any atom is 0.416 e. The Hall–Kier alpha value is -10.1. The van der Waals surface area contributed by atoms with Crippen molar-refractivity contribution in [2.24, 2.45) is 0 Å². The zero-order chi connectivity index (χ0) is 58.5. The summed E-state index contributed by atoms with van der Waals surface area (Å²) < 4.78 is 174. The molecule has 13 rings (SSSR count). The molecule has 0 saturated heterocycles. The first-order chi connectivity index (χ1) is 40.2. The Morgan fingerprint density at radius 2 is 0.643 bits per heavy atom. The highest BCUT2D eigenvalue weighted by molar-refractivity contribution is 6.13. The van der Waals surface area contributed by atoms with Crippen LogP contribution in [-0.2, 0) is 24.7 Å². The van der Waals surface area contributed by atoms with E-state index in [1.807, 2.05) is 100 Å². The van der Waals surface area contributed by atoms with Crippen LogP contribution in [0.4, 0.5) is 52.7 Å². The van der Waals surface area contributed by atoms with E-state index in [9.17, 15) is 52.7 Å². The molecule has 84 heavy (non-hydrogen) atoms. The fourth-order valence-electron chi connectivity index (χ4n) is 10.9. The third-order valence-corrected chi connectivity index (χ3v) is 14.7. The van der Waals surface area contributed by atoms with Gasteiger partial charge in [0.05, 0.1) is 61.9 Å². The van der Waals surface area contributed by atoms with Crippen LogP contribution < -0.4 is 0 Å². The summed E-state index contributed by atoms with van der Waals surface area (Å²) in [5.41, 5.74) is 0.0338. The number of halogens is 12. The van der Waals surface area contributed by atoms with Crippen LogP contribution in [0.15, 0.2) is 219 Å². The SMILES string of the molecule is FC(F)(F)c1cc(-c2ccc3c(c2)c2ccccc2n3-c2cnccc2-c2ccc(-c3nc(-c4ccccc4)nc(-c4ccccc4)n3)cc2-n2c3ccccc3c3cc(-c4cc(C(F)(F)F)cc(C(F)(F)F)c4)ccc32)cc(C(F)(F)F)c1. The Bertz CT molecular complexity index is 4610. The molecule has 0 spiro atoms. The van der Waals surface area contributed by atoms with Crippen molar-refractivity contribution in [2.45, 2.75) is 24.7 Å². The maximum absolute atomic E-state index is 14.2. The Balaban J connectivity index is 1.06. The van der Waals surface area contributed by atoms with E-state index in [2.05, 4.69) is 4.98 Å². The molecule has 0 aliphatic rings. The van der Waals surface area contributed by atoms with Crippen molar-refractivity contribution >= 4 is 43.6 Å². The first kappa shape index (κ1) is 53.2. The monoisotopic (exact) mass is 1140 g/mol. The lowest BCUT2D eigenvalue weighted by molar-refractivity contribution is -0.144. The van der Waals surface area contributed by atoms with E-state index in [0.717, 1.165) is 0 Å². The van der Waals surface area contributed by atoms with Gasteiger partial charge in [-0.3, -0.25) is 4.98 Å². The molecule has 0 saturated carbocycles. The van der Waals surface area contributed by atoms with Gasteiger partial charge in [0.1, 0.15) is 0 Å². The normalized spacial score (nSPS) is 12.5. The topological polar surface area (TPSA) is 61.4 Å². The number of benzene rings is 9. The number of fused-ring (bicyclic) bond motifs is 6. The second kappa shape index (κ2) is 19.8. The van der Waals surface area contributed by atoms with E-state index in [1.54, 1.807) is 79.1 Å². The average Bonchev–Trinajstić information content (AvgIpc) is 2.19. The largest absolute Gasteiger partial charge is 0.416 e. The summed E-state index contributed by atoms with van der Waals surface area (Å²) in [6.07, 6.45) is -17.1. The minimum absolute atomic E-state index is 0.0833. The molecule has 13 aromatic rings. The van der Waals surface area contributed by atoms with Crippen LogP contribution in [0, 0.1) is 0 Å². The summed E-state index contributed by atoms with van der Waals surface area (Å²) in [7, 11) is 0. The van der Waals surface area contributed by atoms with Crippen LogP contribution in [-0.4, -0.2) is 29.1 Å². The van der Waals surface area contributed by atoms with Gasteiger partial charge >= 0.3 is 24.7 Å². The molecular weight excluding hydrogens is 1100 g/mol. The van der Waals surface area contributed by atoms with E-state index in [4.69, 9.17) is 15.0 Å². The van der Waals surface area contributed by atoms with Crippen molar-refractivity contribution in [3.63, 3.8) is 0 Å². The lowest BCUT2D eigenvalue weighted by Crippen LogP contribution is -2.11. The predicted octanol–water partition coefficient (Wildman–Crippen LogP) is 19.5. The van der Waals surface area contributed by atoms with Crippen LogP contribution in [0.1, 0.15) is 22.3 Å². The first-order valence-corrected chi connectivity index (χ1v) is 25.8. The third-order valence-electron chi connectivity index (χ3n) is 14.7. The Morgan fingerprint density at radius 1 is 0.274 bits per heavy atom. The summed E-state index contributed by atoms with van der Waals surface area (Å²) in [5.74, 6) is 1.02. The van der Waals surface area contributed by atoms with Gasteiger partial charge in [-0.05, 0) is 107 Å². The van der Waals surface area contributed by atoms with E-state index in [0.29, 0.717) is 119 Å². The summed E-state index contributed by atoms with van der Waals surface area (Å²) in [6.45, 7) is 0. The number of rotatable bonds is 8. The summed E-state index contributed by atoms with van der Waals surface area (Å²) in [6, 6.07) is 52.6. The molecule has 0 N–H and O–H groups in total. The van der Waals surface area contributed by atoms with Crippen LogP contribution in [0.2, 0.25) is 0 Å². The number of nitrogens with zero attached hydrogens (tertiary/aromatic N) is 6. The molecule has 6 nitrogen and oxygen atoms in total. The van der Waals surface area contributed by atoms with Crippen LogP contribution in [0.5, 0.6) is 0 Å². The summed E-state index contributed by atoms with van der Waals surface area (Å²) in [4.78, 5) is 19.5. The first-order valence-electron chi connectivity index (χ1n) is 25.8. The van der Waals surface area contributed by atoms with Crippen LogP contribution in [0.25, 0.3) is 123 Å². The van der Waals surface area contributed by atoms with E-state index in [1.165, 1.54) is 12.1 Å². The molecule has 0 aliphatic heterocycles. The molecule has 0 amide bonds. The number of para-hydroxylation sites is 2. The van der Waals surface area contributed by atoms with E-state index in [-0.39, 0.29) is 40.2 Å². The number of alkyl halides is 12. The Kier molecular flexibility index (Phi) is 12.6. The fourth-order valence-corrected chi connectivity index (χ4v) is 10.9. The predicted molar refractivity (Wildman–Crippen MR) is 299 cm³/mol. The highest BCUT2D eigenvalue weighted by Crippen LogP contribution is 2.46. The van der Waals surface area contributed by atoms with Gasteiger partial charge in [-0.15, -0.1) is 0 Å². The molecule has 0 radical (unpaired) electrons. The van der Waals surface area contributed by atoms with Crippen molar-refractivity contribution in [1.82, 2.24) is 29.1 Å². The second-order valence-corrected chi connectivity index (χ2v) is 19.9. The molecule has 0 bridgehead atoms. The molecule has 18 heteroatoms. The highest BCUT2D eigenvalue weighted by atomic mass is 19.4. The van der Waals surface area contributed by atoms with E-state index >= 15 is 0 Å². The maximum atomic E-state index is 14.2. The van der Waals surface area contributed by atoms with Crippen molar-refractivity contribution in [1.29, 1.82) is 0 Å². The second-order valence-electron chi connectivity index (χ2n) is 19.9. The molecule has 0 unspecified atom stereocenters. The minimum Gasteiger partial charge on any atom is -0.309 e. The fraction of sp³-hybridized carbons (Fsp3) is 0.0606. The molecule has 0 fully saturated rings. The molecule has 0 aliphatic carbocycles.